The van der Waals surface area contributed by atoms with E-state index >= 15 is 0 Å². The van der Waals surface area contributed by atoms with Gasteiger partial charge in [-0.3, -0.25) is 9.56 Å². The Labute approximate surface area is 165 Å². The average molecular weight is 379 g/mol. The molecular weight excluding hydrogens is 352 g/mol. The van der Waals surface area contributed by atoms with Crippen molar-refractivity contribution >= 4 is 17.0 Å². The van der Waals surface area contributed by atoms with Gasteiger partial charge in [0.15, 0.2) is 5.82 Å². The van der Waals surface area contributed by atoms with E-state index in [1.54, 1.807) is 0 Å². The molecule has 0 N–H and O–H groups in total. The summed E-state index contributed by atoms with van der Waals surface area (Å²) >= 11 is 1.81. The number of thiophene rings is 1. The Kier molecular flexibility index (Phi) is 4.30. The van der Waals surface area contributed by atoms with Crippen molar-refractivity contribution in [3.8, 4) is 5.00 Å². The first-order chi connectivity index (χ1) is 12.8. The molecule has 0 fully saturated rings. The molecule has 0 bridgehead atoms. The van der Waals surface area contributed by atoms with E-state index in [1.165, 1.54) is 37.7 Å². The van der Waals surface area contributed by atoms with Crippen LogP contribution in [0.3, 0.4) is 0 Å². The molecule has 4 rings (SSSR count). The van der Waals surface area contributed by atoms with E-state index in [1.807, 2.05) is 18.3 Å². The molecule has 1 aromatic carbocycles. The Morgan fingerprint density at radius 1 is 1.07 bits per heavy atom. The van der Waals surface area contributed by atoms with Crippen LogP contribution in [0.25, 0.3) is 5.00 Å². The first kappa shape index (κ1) is 18.1. The van der Waals surface area contributed by atoms with Crippen molar-refractivity contribution in [3.05, 3.63) is 62.5 Å². The third-order valence-corrected chi connectivity index (χ3v) is 6.72. The van der Waals surface area contributed by atoms with Crippen LogP contribution in [-0.2, 0) is 0 Å². The Hall–Kier alpha value is -2.27. The van der Waals surface area contributed by atoms with E-state index in [-0.39, 0.29) is 6.04 Å². The molecular formula is C22H26N4S. The molecule has 3 aromatic rings. The van der Waals surface area contributed by atoms with Gasteiger partial charge in [-0.15, -0.1) is 21.5 Å². The topological polar surface area (TPSA) is 43.1 Å². The van der Waals surface area contributed by atoms with Gasteiger partial charge >= 0.3 is 0 Å². The number of nitrogens with zero attached hydrogens (tertiary/aromatic N) is 4. The molecule has 0 saturated carbocycles. The van der Waals surface area contributed by atoms with Crippen molar-refractivity contribution in [2.75, 3.05) is 0 Å². The maximum Gasteiger partial charge on any atom is 0.162 e. The largest absolute Gasteiger partial charge is 0.273 e. The highest BCUT2D eigenvalue weighted by atomic mass is 32.1. The van der Waals surface area contributed by atoms with Crippen LogP contribution >= 0.6 is 11.3 Å². The van der Waals surface area contributed by atoms with Crippen LogP contribution < -0.4 is 0 Å². The summed E-state index contributed by atoms with van der Waals surface area (Å²) in [6.07, 6.45) is 0. The summed E-state index contributed by atoms with van der Waals surface area (Å²) in [5.74, 6) is 2.36. The second kappa shape index (κ2) is 6.41. The van der Waals surface area contributed by atoms with Crippen molar-refractivity contribution in [3.63, 3.8) is 0 Å². The lowest BCUT2D eigenvalue weighted by molar-refractivity contribution is 0.724. The molecule has 1 aliphatic heterocycles. The van der Waals surface area contributed by atoms with Crippen LogP contribution in [0.2, 0.25) is 0 Å². The highest BCUT2D eigenvalue weighted by Crippen LogP contribution is 2.39. The summed E-state index contributed by atoms with van der Waals surface area (Å²) in [5, 5.41) is 9.95. The van der Waals surface area contributed by atoms with E-state index in [0.29, 0.717) is 5.92 Å². The molecule has 5 heteroatoms. The number of aryl methyl sites for hydroxylation is 3. The summed E-state index contributed by atoms with van der Waals surface area (Å²) < 4.78 is 2.19. The summed E-state index contributed by atoms with van der Waals surface area (Å²) in [4.78, 5) is 6.47. The Morgan fingerprint density at radius 3 is 2.48 bits per heavy atom. The maximum absolute atomic E-state index is 5.15. The lowest BCUT2D eigenvalue weighted by atomic mass is 9.92. The molecule has 1 unspecified atom stereocenters. The standard InChI is InChI=1S/C22H26N4S/c1-11(2)17-8-9-18(12(3)10-17)20-19-13(4)15(6)27-22(19)26-16(7)24-25-21(26)14(5)23-20/h8-11,14H,1-7H3. The van der Waals surface area contributed by atoms with Crippen LogP contribution in [0.15, 0.2) is 23.2 Å². The molecule has 0 amide bonds. The summed E-state index contributed by atoms with van der Waals surface area (Å²) in [7, 11) is 0. The summed E-state index contributed by atoms with van der Waals surface area (Å²) in [6.45, 7) is 15.2. The van der Waals surface area contributed by atoms with Gasteiger partial charge in [-0.2, -0.15) is 0 Å². The van der Waals surface area contributed by atoms with Gasteiger partial charge in [0.05, 0.1) is 5.71 Å². The predicted molar refractivity (Wildman–Crippen MR) is 113 cm³/mol. The summed E-state index contributed by atoms with van der Waals surface area (Å²) in [5.41, 5.74) is 7.46. The number of aromatic nitrogens is 3. The van der Waals surface area contributed by atoms with Gasteiger partial charge in [0.2, 0.25) is 0 Å². The fourth-order valence-electron chi connectivity index (χ4n) is 3.78. The smallest absolute Gasteiger partial charge is 0.162 e. The zero-order valence-electron chi connectivity index (χ0n) is 17.1. The molecule has 27 heavy (non-hydrogen) atoms. The minimum absolute atomic E-state index is 0.0373. The molecule has 1 atom stereocenters. The monoisotopic (exact) mass is 378 g/mol. The maximum atomic E-state index is 5.15. The highest BCUT2D eigenvalue weighted by Gasteiger charge is 2.29. The number of hydrogen-bond acceptors (Lipinski definition) is 4. The van der Waals surface area contributed by atoms with Gasteiger partial charge < -0.3 is 0 Å². The third kappa shape index (κ3) is 2.76. The van der Waals surface area contributed by atoms with Crippen LogP contribution in [0, 0.1) is 27.7 Å². The van der Waals surface area contributed by atoms with E-state index in [9.17, 15) is 0 Å². The quantitative estimate of drug-likeness (QED) is 0.583. The minimum Gasteiger partial charge on any atom is -0.273 e. The van der Waals surface area contributed by atoms with E-state index in [0.717, 1.165) is 17.4 Å². The molecule has 2 aromatic heterocycles. The van der Waals surface area contributed by atoms with Crippen LogP contribution in [0.4, 0.5) is 0 Å². The van der Waals surface area contributed by atoms with Gasteiger partial charge in [-0.25, -0.2) is 0 Å². The van der Waals surface area contributed by atoms with Gasteiger partial charge in [0.25, 0.3) is 0 Å². The fourth-order valence-corrected chi connectivity index (χ4v) is 4.99. The molecule has 0 spiro atoms. The molecule has 1 aliphatic rings. The number of rotatable bonds is 2. The van der Waals surface area contributed by atoms with Crippen molar-refractivity contribution in [2.24, 2.45) is 4.99 Å². The zero-order chi connectivity index (χ0) is 19.5. The third-order valence-electron chi connectivity index (χ3n) is 5.53. The normalized spacial score (nSPS) is 16.1. The zero-order valence-corrected chi connectivity index (χ0v) is 17.9. The van der Waals surface area contributed by atoms with Crippen LogP contribution in [-0.4, -0.2) is 20.5 Å². The van der Waals surface area contributed by atoms with Gasteiger partial charge in [0, 0.05) is 16.0 Å². The van der Waals surface area contributed by atoms with E-state index in [4.69, 9.17) is 4.99 Å². The van der Waals surface area contributed by atoms with Gasteiger partial charge in [0.1, 0.15) is 16.9 Å². The minimum atomic E-state index is -0.0373. The lowest BCUT2D eigenvalue weighted by Gasteiger charge is -2.14. The van der Waals surface area contributed by atoms with Crippen LogP contribution in [0.5, 0.6) is 0 Å². The van der Waals surface area contributed by atoms with Crippen molar-refractivity contribution in [2.45, 2.75) is 60.4 Å². The Balaban J connectivity index is 2.00. The molecule has 0 saturated heterocycles. The molecule has 0 radical (unpaired) electrons. The van der Waals surface area contributed by atoms with Crippen molar-refractivity contribution in [1.82, 2.24) is 14.8 Å². The van der Waals surface area contributed by atoms with Crippen LogP contribution in [0.1, 0.15) is 77.1 Å². The molecule has 0 aliphatic carbocycles. The predicted octanol–water partition coefficient (Wildman–Crippen LogP) is 5.60. The van der Waals surface area contributed by atoms with E-state index in [2.05, 4.69) is 74.5 Å². The van der Waals surface area contributed by atoms with Crippen molar-refractivity contribution < 1.29 is 0 Å². The average Bonchev–Trinajstić information content (AvgIpc) is 3.09. The first-order valence-electron chi connectivity index (χ1n) is 9.51. The van der Waals surface area contributed by atoms with Gasteiger partial charge in [-0.1, -0.05) is 32.0 Å². The Morgan fingerprint density at radius 2 is 1.81 bits per heavy atom. The number of hydrogen-bond donors (Lipinski definition) is 0. The Bertz CT molecular complexity index is 1070. The number of fused-ring (bicyclic) bond motifs is 3. The van der Waals surface area contributed by atoms with Gasteiger partial charge in [-0.05, 0) is 57.2 Å². The molecule has 140 valence electrons. The van der Waals surface area contributed by atoms with E-state index < -0.39 is 0 Å². The fraction of sp³-hybridized carbons (Fsp3) is 0.409. The first-order valence-corrected chi connectivity index (χ1v) is 10.3. The second-order valence-corrected chi connectivity index (χ2v) is 8.99. The summed E-state index contributed by atoms with van der Waals surface area (Å²) in [6, 6.07) is 6.75. The second-order valence-electron chi connectivity index (χ2n) is 7.79. The molecule has 3 heterocycles. The number of benzene rings is 1. The SMILES string of the molecule is Cc1cc(C(C)C)ccc1C1=NC(C)c2nnc(C)n2-c2sc(C)c(C)c21. The lowest BCUT2D eigenvalue weighted by Crippen LogP contribution is -2.09. The van der Waals surface area contributed by atoms with Crippen molar-refractivity contribution in [1.29, 1.82) is 0 Å². The molecule has 4 nitrogen and oxygen atoms in total. The number of aliphatic imine (C=N–C) groups is 1. The highest BCUT2D eigenvalue weighted by molar-refractivity contribution is 7.15.